The highest BCUT2D eigenvalue weighted by molar-refractivity contribution is 6.37. The van der Waals surface area contributed by atoms with Gasteiger partial charge in [0.2, 0.25) is 11.8 Å². The molecule has 2 spiro atoms. The third-order valence-corrected chi connectivity index (χ3v) is 20.6. The summed E-state index contributed by atoms with van der Waals surface area (Å²) in [5.41, 5.74) is 0.523. The number of oxime groups is 2. The lowest BCUT2D eigenvalue weighted by Gasteiger charge is -2.31. The largest absolute Gasteiger partial charge is 0.480 e. The Balaban J connectivity index is 0.000000215. The lowest BCUT2D eigenvalue weighted by atomic mass is 9.87. The number of fused-ring (bicyclic) bond motifs is 3. The fourth-order valence-corrected chi connectivity index (χ4v) is 14.5. The molecule has 6 aliphatic heterocycles. The smallest absolute Gasteiger partial charge is 0.418 e. The topological polar surface area (TPSA) is 439 Å². The fourth-order valence-electron chi connectivity index (χ4n) is 14.5. The van der Waals surface area contributed by atoms with Gasteiger partial charge in [0.25, 0.3) is 11.8 Å². The lowest BCUT2D eigenvalue weighted by Crippen LogP contribution is -2.56. The molecule has 7 N–H and O–H groups in total. The van der Waals surface area contributed by atoms with E-state index in [1.54, 1.807) is 55.4 Å². The van der Waals surface area contributed by atoms with Crippen LogP contribution in [0.2, 0.25) is 0 Å². The molecule has 0 radical (unpaired) electrons. The van der Waals surface area contributed by atoms with E-state index in [0.717, 1.165) is 52.8 Å². The number of esters is 3. The van der Waals surface area contributed by atoms with Crippen LogP contribution < -0.4 is 31.9 Å². The van der Waals surface area contributed by atoms with Crippen molar-refractivity contribution < 1.29 is 120 Å². The molecule has 2 aromatic rings. The van der Waals surface area contributed by atoms with Crippen molar-refractivity contribution in [3.63, 3.8) is 0 Å². The summed E-state index contributed by atoms with van der Waals surface area (Å²) in [4.78, 5) is 169. The van der Waals surface area contributed by atoms with Crippen LogP contribution in [0, 0.1) is 10.8 Å². The van der Waals surface area contributed by atoms with Gasteiger partial charge in [-0.1, -0.05) is 127 Å². The van der Waals surface area contributed by atoms with Gasteiger partial charge in [-0.05, 0) is 85.5 Å². The van der Waals surface area contributed by atoms with E-state index in [0.29, 0.717) is 58.3 Å². The maximum atomic E-state index is 14.0. The Morgan fingerprint density at radius 1 is 0.558 bits per heavy atom. The molecule has 0 bridgehead atoms. The number of nitrogens with zero attached hydrogens (tertiary/aromatic N) is 4. The van der Waals surface area contributed by atoms with Crippen molar-refractivity contribution in [2.75, 3.05) is 73.6 Å². The number of likely N-dealkylation sites (tertiary alicyclic amines) is 2. The molecular formula is C78H110N10O25. The molecule has 3 aliphatic carbocycles. The number of nitrogens with one attached hydrogen (secondary N) is 6. The van der Waals surface area contributed by atoms with Crippen LogP contribution in [0.5, 0.6) is 0 Å². The summed E-state index contributed by atoms with van der Waals surface area (Å²) >= 11 is 0. The van der Waals surface area contributed by atoms with Crippen molar-refractivity contribution in [2.24, 2.45) is 21.1 Å². The number of hydrogen-bond acceptors (Lipinski definition) is 26. The van der Waals surface area contributed by atoms with Gasteiger partial charge in [-0.25, -0.2) is 38.4 Å². The van der Waals surface area contributed by atoms with Gasteiger partial charge in [0.1, 0.15) is 43.0 Å². The minimum absolute atomic E-state index is 0.0180. The number of methoxy groups -OCH3 is 2. The van der Waals surface area contributed by atoms with E-state index in [1.165, 1.54) is 19.1 Å². The van der Waals surface area contributed by atoms with Gasteiger partial charge in [0, 0.05) is 70.7 Å². The first-order valence-corrected chi connectivity index (χ1v) is 38.9. The van der Waals surface area contributed by atoms with Gasteiger partial charge in [-0.2, -0.15) is 0 Å². The Bertz CT molecular complexity index is 3780. The average molecular weight is 1590 g/mol. The van der Waals surface area contributed by atoms with Crippen molar-refractivity contribution >= 4 is 83.3 Å². The molecule has 2 aromatic carbocycles. The van der Waals surface area contributed by atoms with Crippen LogP contribution in [0.4, 0.5) is 19.2 Å². The number of rotatable bonds is 28. The predicted molar refractivity (Wildman–Crippen MR) is 401 cm³/mol. The van der Waals surface area contributed by atoms with Crippen LogP contribution in [0.3, 0.4) is 0 Å². The molecule has 8 amide bonds. The Kier molecular flexibility index (Phi) is 30.0. The number of carboxylic acid groups (broad SMARTS) is 1. The van der Waals surface area contributed by atoms with E-state index in [2.05, 4.69) is 54.3 Å². The summed E-state index contributed by atoms with van der Waals surface area (Å²) in [6.45, 7) is 19.1. The first-order chi connectivity index (χ1) is 53.8. The van der Waals surface area contributed by atoms with Crippen LogP contribution >= 0.6 is 0 Å². The molecule has 113 heavy (non-hydrogen) atoms. The van der Waals surface area contributed by atoms with E-state index in [9.17, 15) is 57.5 Å². The third kappa shape index (κ3) is 23.0. The van der Waals surface area contributed by atoms with Crippen LogP contribution in [0.1, 0.15) is 176 Å². The van der Waals surface area contributed by atoms with Gasteiger partial charge in [0.05, 0.1) is 64.8 Å². The van der Waals surface area contributed by atoms with Crippen molar-refractivity contribution in [3.05, 3.63) is 59.7 Å². The minimum atomic E-state index is -1.31. The van der Waals surface area contributed by atoms with Crippen LogP contribution in [-0.2, 0) is 95.4 Å². The molecule has 35 heteroatoms. The van der Waals surface area contributed by atoms with Gasteiger partial charge in [-0.15, -0.1) is 0 Å². The molecule has 11 rings (SSSR count). The molecule has 6 heterocycles. The number of aliphatic carboxylic acids is 1. The van der Waals surface area contributed by atoms with Gasteiger partial charge in [-0.3, -0.25) is 29.0 Å². The number of amides is 8. The number of ether oxygens (including phenoxy) is 10. The number of carbonyl (C=O) groups excluding carboxylic acids is 11. The summed E-state index contributed by atoms with van der Waals surface area (Å²) in [6, 6.07) is 10.4. The number of benzene rings is 2. The molecule has 622 valence electrons. The molecule has 12 atom stereocenters. The summed E-state index contributed by atoms with van der Waals surface area (Å²) in [5.74, 6) is -5.37. The first-order valence-electron chi connectivity index (χ1n) is 38.9. The molecule has 6 fully saturated rings. The number of carboxylic acids is 1. The number of hydrogen-bond donors (Lipinski definition) is 7. The zero-order valence-corrected chi connectivity index (χ0v) is 66.4. The summed E-state index contributed by atoms with van der Waals surface area (Å²) in [5, 5.41) is 33.5. The molecular weight excluding hydrogens is 1480 g/mol. The number of carbonyl (C=O) groups is 12. The number of alkyl carbamates (subject to hydrolysis) is 2. The van der Waals surface area contributed by atoms with E-state index in [4.69, 9.17) is 62.2 Å². The second-order valence-electron chi connectivity index (χ2n) is 31.8. The second-order valence-corrected chi connectivity index (χ2v) is 31.8. The molecule has 2 unspecified atom stereocenters. The Morgan fingerprint density at radius 3 is 1.35 bits per heavy atom. The quantitative estimate of drug-likeness (QED) is 0.0293. The highest BCUT2D eigenvalue weighted by atomic mass is 16.7. The van der Waals surface area contributed by atoms with Crippen molar-refractivity contribution in [3.8, 4) is 11.1 Å². The second kappa shape index (κ2) is 38.9. The summed E-state index contributed by atoms with van der Waals surface area (Å²) < 4.78 is 53.2. The monoisotopic (exact) mass is 1590 g/mol. The van der Waals surface area contributed by atoms with Gasteiger partial charge >= 0.3 is 48.3 Å². The van der Waals surface area contributed by atoms with E-state index < -0.39 is 137 Å². The Labute approximate surface area is 656 Å². The van der Waals surface area contributed by atoms with Crippen LogP contribution in [0.25, 0.3) is 11.1 Å². The summed E-state index contributed by atoms with van der Waals surface area (Å²) in [6.07, 6.45) is 0.766. The maximum Gasteiger partial charge on any atom is 0.418 e. The van der Waals surface area contributed by atoms with Crippen molar-refractivity contribution in [1.29, 1.82) is 0 Å². The standard InChI is InChI=1S/C35H42N4O8.C32H49N5O12.C11H19NO5/c1-4-10-27(30(44-3)32(41)36-21-15-16-21)37-31(40)29-18-35(17-28(38-47-35)33(42)45-5-2)20-39(29)34(43)46-19-26-24-13-8-6-11-22(24)23-12-7-9-14-25(23)26;1-7-9-20(23(44-6)26(39)33-18-10-11-18)34-25(38)22-15-32(14-21(36-49-32)27(40)46-8-2)17-37(22)30(43)48-28(41)24(31(3,4)5)35-29(42)47-19-12-13-45-16-19;1-11(2,3)8(9(13)14)12-10(15)17-7-4-5-16-6-7/h6-9,11-14,21,26-27,29-30H,4-5,10,15-20H2,1-3H3,(H,36,41)(H,37,40);18-20,22-24H,7-17H2,1-6H3,(H,33,39)(H,34,38)(H,35,42);7-8H,4-6H2,1-3H3,(H,12,15)(H,13,14)/t27-,29-,30?,35+;19-,20-,22-,23?,24+,32+;7-,8+/m000/s1. The van der Waals surface area contributed by atoms with Crippen molar-refractivity contribution in [2.45, 2.75) is 249 Å². The first kappa shape index (κ1) is 87.2. The average Bonchev–Trinajstić information content (AvgIpc) is 1.59. The molecule has 35 nitrogen and oxygen atoms in total. The zero-order chi connectivity index (χ0) is 82.1. The molecule has 0 aromatic heterocycles. The molecule has 9 aliphatic rings. The molecule has 4 saturated heterocycles. The highest BCUT2D eigenvalue weighted by Crippen LogP contribution is 2.46. The third-order valence-electron chi connectivity index (χ3n) is 20.6. The molecule has 2 saturated carbocycles. The Hall–Kier alpha value is -9.74. The summed E-state index contributed by atoms with van der Waals surface area (Å²) in [7, 11) is 2.82. The Morgan fingerprint density at radius 2 is 0.973 bits per heavy atom. The highest BCUT2D eigenvalue weighted by Gasteiger charge is 2.58. The van der Waals surface area contributed by atoms with E-state index in [-0.39, 0.29) is 113 Å². The van der Waals surface area contributed by atoms with E-state index in [1.807, 2.05) is 50.2 Å². The van der Waals surface area contributed by atoms with Crippen LogP contribution in [0.15, 0.2) is 58.8 Å². The SMILES string of the molecule is CC(C)(C)[C@H](NC(=O)O[C@H]1CCOC1)C(=O)O.CCC[C@H](NC(=O)[C@@H]1C[C@]2(CC(C(=O)OCC)=NO2)CN1C(=O)OC(=O)[C@@H](NC(=O)O[C@H]1CCOC1)C(C)(C)C)C(OC)C(=O)NC1CC1.CCC[C@H](NC(=O)[C@@H]1C[C@]2(CC(C(=O)OCC)=NO2)CN1C(=O)OCC1c2ccccc2-c2ccccc21)C(OC)C(=O)NC1CC1. The lowest BCUT2D eigenvalue weighted by molar-refractivity contribution is -0.145. The van der Waals surface area contributed by atoms with Crippen molar-refractivity contribution in [1.82, 2.24) is 41.7 Å². The fraction of sp³-hybridized carbons (Fsp3) is 0.667. The zero-order valence-electron chi connectivity index (χ0n) is 66.4. The van der Waals surface area contributed by atoms with Gasteiger partial charge < -0.3 is 94.1 Å². The minimum Gasteiger partial charge on any atom is -0.480 e. The van der Waals surface area contributed by atoms with E-state index >= 15 is 0 Å². The van der Waals surface area contributed by atoms with Crippen LogP contribution in [-0.4, -0.2) is 256 Å². The normalized spacial score (nSPS) is 23.5. The predicted octanol–water partition coefficient (Wildman–Crippen LogP) is 5.98. The maximum absolute atomic E-state index is 14.0. The van der Waals surface area contributed by atoms with Gasteiger partial charge in [0.15, 0.2) is 34.8 Å².